The number of rotatable bonds is 3. The van der Waals surface area contributed by atoms with Crippen LogP contribution >= 0.6 is 0 Å². The molecule has 0 atom stereocenters. The lowest BCUT2D eigenvalue weighted by molar-refractivity contribution is 1.28. The van der Waals surface area contributed by atoms with Gasteiger partial charge in [0.15, 0.2) is 0 Å². The average Bonchev–Trinajstić information content (AvgIpc) is 3.87. The maximum Gasteiger partial charge on any atom is 0.0737 e. The summed E-state index contributed by atoms with van der Waals surface area (Å²) in [6, 6.07) is 30.4. The number of benzene rings is 3. The van der Waals surface area contributed by atoms with Crippen LogP contribution in [0.4, 0.5) is 0 Å². The zero-order valence-electron chi connectivity index (χ0n) is 28.3. The molecule has 2 aliphatic rings. The SMILES string of the molecule is Cc1cc(C)c(-c2c3nc(c(-c4ccccc4)c4ccc([nH]4)c(-c4c(C)cc(C)cc4C)c4nc(cc5ccc2[nH]5)C=C4)C=C3)c(C)c1. The minimum absolute atomic E-state index is 0.909. The van der Waals surface area contributed by atoms with Crippen molar-refractivity contribution in [2.45, 2.75) is 41.5 Å². The lowest BCUT2D eigenvalue weighted by atomic mass is 9.92. The fraction of sp³-hybridized carbons (Fsp3) is 0.136. The second-order valence-corrected chi connectivity index (χ2v) is 13.3. The molecule has 4 nitrogen and oxygen atoms in total. The fourth-order valence-corrected chi connectivity index (χ4v) is 7.72. The fourth-order valence-electron chi connectivity index (χ4n) is 7.72. The van der Waals surface area contributed by atoms with E-state index in [4.69, 9.17) is 9.97 Å². The van der Waals surface area contributed by atoms with Gasteiger partial charge < -0.3 is 9.97 Å². The van der Waals surface area contributed by atoms with E-state index in [1.807, 2.05) is 0 Å². The van der Waals surface area contributed by atoms with Crippen molar-refractivity contribution >= 4 is 46.4 Å². The van der Waals surface area contributed by atoms with Gasteiger partial charge >= 0.3 is 0 Å². The Morgan fingerprint density at radius 2 is 0.896 bits per heavy atom. The number of aromatic amines is 2. The van der Waals surface area contributed by atoms with E-state index in [2.05, 4.69) is 161 Å². The highest BCUT2D eigenvalue weighted by atomic mass is 14.8. The van der Waals surface area contributed by atoms with E-state index in [9.17, 15) is 0 Å². The molecule has 0 saturated carbocycles. The van der Waals surface area contributed by atoms with Crippen LogP contribution in [0.5, 0.6) is 0 Å². The zero-order chi connectivity index (χ0) is 33.1. The lowest BCUT2D eigenvalue weighted by Crippen LogP contribution is -1.94. The molecule has 5 heterocycles. The highest BCUT2D eigenvalue weighted by Gasteiger charge is 2.19. The maximum absolute atomic E-state index is 5.41. The van der Waals surface area contributed by atoms with E-state index in [0.29, 0.717) is 0 Å². The van der Waals surface area contributed by atoms with Crippen LogP contribution in [0.2, 0.25) is 0 Å². The average molecular weight is 623 g/mol. The standard InChI is InChI=1S/C44H38N4/c1-25-20-27(3)40(28(4)21-25)43-36-14-12-32(45-36)24-33-13-15-37(46-33)44(41-29(5)22-26(2)23-30(41)6)39-19-17-35(48-39)42(31-10-8-7-9-11-31)34-16-18-38(43)47-34/h7-24,45,48H,1-6H3. The molecule has 2 N–H and O–H groups in total. The van der Waals surface area contributed by atoms with E-state index in [-0.39, 0.29) is 0 Å². The Morgan fingerprint density at radius 1 is 0.417 bits per heavy atom. The number of aromatic nitrogens is 4. The highest BCUT2D eigenvalue weighted by Crippen LogP contribution is 2.39. The van der Waals surface area contributed by atoms with Crippen molar-refractivity contribution in [2.75, 3.05) is 0 Å². The van der Waals surface area contributed by atoms with Gasteiger partial charge in [0.1, 0.15) is 0 Å². The molecule has 0 radical (unpaired) electrons. The Hall–Kier alpha value is -5.74. The predicted molar refractivity (Wildman–Crippen MR) is 204 cm³/mol. The van der Waals surface area contributed by atoms with Gasteiger partial charge in [0.2, 0.25) is 0 Å². The Labute approximate surface area is 281 Å². The summed E-state index contributed by atoms with van der Waals surface area (Å²) in [5.41, 5.74) is 22.0. The molecule has 0 amide bonds. The summed E-state index contributed by atoms with van der Waals surface area (Å²) in [5.74, 6) is 0. The largest absolute Gasteiger partial charge is 0.355 e. The number of H-pyrrole nitrogens is 2. The first kappa shape index (κ1) is 29.6. The molecular formula is C44H38N4. The molecule has 0 spiro atoms. The summed E-state index contributed by atoms with van der Waals surface area (Å²) in [5, 5.41) is 0. The summed E-state index contributed by atoms with van der Waals surface area (Å²) < 4.78 is 0. The van der Waals surface area contributed by atoms with Gasteiger partial charge in [-0.05, 0) is 135 Å². The molecule has 234 valence electrons. The highest BCUT2D eigenvalue weighted by molar-refractivity contribution is 5.98. The van der Waals surface area contributed by atoms with Crippen molar-refractivity contribution in [2.24, 2.45) is 0 Å². The second-order valence-electron chi connectivity index (χ2n) is 13.3. The second kappa shape index (κ2) is 11.5. The molecule has 0 saturated heterocycles. The van der Waals surface area contributed by atoms with Gasteiger partial charge in [-0.25, -0.2) is 9.97 Å². The molecule has 2 aliphatic heterocycles. The van der Waals surface area contributed by atoms with Gasteiger partial charge in [-0.2, -0.15) is 0 Å². The van der Waals surface area contributed by atoms with Gasteiger partial charge in [0.25, 0.3) is 0 Å². The van der Waals surface area contributed by atoms with Crippen molar-refractivity contribution in [1.82, 2.24) is 19.9 Å². The van der Waals surface area contributed by atoms with E-state index in [0.717, 1.165) is 67.1 Å². The quantitative estimate of drug-likeness (QED) is 0.206. The number of hydrogen-bond acceptors (Lipinski definition) is 2. The minimum atomic E-state index is 0.909. The van der Waals surface area contributed by atoms with Gasteiger partial charge in [-0.15, -0.1) is 0 Å². The summed E-state index contributed by atoms with van der Waals surface area (Å²) in [7, 11) is 0. The molecule has 3 aromatic heterocycles. The number of aryl methyl sites for hydroxylation is 6. The smallest absolute Gasteiger partial charge is 0.0737 e. The molecule has 8 rings (SSSR count). The maximum atomic E-state index is 5.41. The molecule has 8 bridgehead atoms. The van der Waals surface area contributed by atoms with Crippen molar-refractivity contribution in [3.63, 3.8) is 0 Å². The Morgan fingerprint density at radius 3 is 1.50 bits per heavy atom. The van der Waals surface area contributed by atoms with Gasteiger partial charge in [-0.1, -0.05) is 65.7 Å². The molecule has 3 aromatic carbocycles. The number of fused-ring (bicyclic) bond motifs is 8. The third kappa shape index (κ3) is 5.10. The van der Waals surface area contributed by atoms with Crippen LogP contribution in [0.15, 0.2) is 84.9 Å². The summed E-state index contributed by atoms with van der Waals surface area (Å²) in [4.78, 5) is 18.2. The topological polar surface area (TPSA) is 57.4 Å². The van der Waals surface area contributed by atoms with Crippen LogP contribution in [-0.4, -0.2) is 19.9 Å². The van der Waals surface area contributed by atoms with Gasteiger partial charge in [0, 0.05) is 38.8 Å². The van der Waals surface area contributed by atoms with Gasteiger partial charge in [0.05, 0.1) is 22.8 Å². The normalized spacial score (nSPS) is 12.2. The van der Waals surface area contributed by atoms with Crippen LogP contribution in [0.3, 0.4) is 0 Å². The molecule has 4 heteroatoms. The van der Waals surface area contributed by atoms with Crippen LogP contribution in [0.25, 0.3) is 79.8 Å². The van der Waals surface area contributed by atoms with Crippen LogP contribution in [0.1, 0.15) is 56.2 Å². The first-order valence-corrected chi connectivity index (χ1v) is 16.6. The number of hydrogen-bond donors (Lipinski definition) is 2. The Balaban J connectivity index is 1.56. The van der Waals surface area contributed by atoms with E-state index < -0.39 is 0 Å². The van der Waals surface area contributed by atoms with Crippen molar-refractivity contribution < 1.29 is 0 Å². The molecular weight excluding hydrogens is 585 g/mol. The molecule has 0 unspecified atom stereocenters. The molecule has 6 aromatic rings. The summed E-state index contributed by atoms with van der Waals surface area (Å²) in [6.45, 7) is 13.1. The van der Waals surface area contributed by atoms with E-state index >= 15 is 0 Å². The molecule has 0 fully saturated rings. The predicted octanol–water partition coefficient (Wildman–Crippen LogP) is 11.5. The first-order chi connectivity index (χ1) is 23.2. The van der Waals surface area contributed by atoms with Crippen LogP contribution in [-0.2, 0) is 0 Å². The van der Waals surface area contributed by atoms with Crippen LogP contribution < -0.4 is 0 Å². The first-order valence-electron chi connectivity index (χ1n) is 16.6. The van der Waals surface area contributed by atoms with Gasteiger partial charge in [-0.3, -0.25) is 0 Å². The number of nitrogens with one attached hydrogen (secondary N) is 2. The minimum Gasteiger partial charge on any atom is -0.355 e. The third-order valence-corrected chi connectivity index (χ3v) is 9.49. The zero-order valence-corrected chi connectivity index (χ0v) is 28.3. The third-order valence-electron chi connectivity index (χ3n) is 9.49. The Kier molecular flexibility index (Phi) is 7.10. The molecule has 0 aliphatic carbocycles. The monoisotopic (exact) mass is 622 g/mol. The lowest BCUT2D eigenvalue weighted by Gasteiger charge is -2.13. The summed E-state index contributed by atoms with van der Waals surface area (Å²) >= 11 is 0. The van der Waals surface area contributed by atoms with Crippen LogP contribution in [0, 0.1) is 41.5 Å². The van der Waals surface area contributed by atoms with Crippen molar-refractivity contribution in [3.8, 4) is 33.4 Å². The van der Waals surface area contributed by atoms with Crippen molar-refractivity contribution in [1.29, 1.82) is 0 Å². The Bertz CT molecular complexity index is 2400. The van der Waals surface area contributed by atoms with E-state index in [1.54, 1.807) is 0 Å². The van der Waals surface area contributed by atoms with Crippen molar-refractivity contribution in [3.05, 3.63) is 141 Å². The summed E-state index contributed by atoms with van der Waals surface area (Å²) in [6.07, 6.45) is 8.58. The van der Waals surface area contributed by atoms with E-state index in [1.165, 1.54) is 44.5 Å². The number of nitrogens with zero attached hydrogens (tertiary/aromatic N) is 2. The molecule has 48 heavy (non-hydrogen) atoms.